The van der Waals surface area contributed by atoms with Crippen molar-refractivity contribution in [1.82, 2.24) is 14.2 Å². The Bertz CT molecular complexity index is 2490. The van der Waals surface area contributed by atoms with E-state index in [1.54, 1.807) is 48.5 Å². The molecule has 5 aromatic rings. The molecule has 0 spiro atoms. The fourth-order valence-corrected chi connectivity index (χ4v) is 7.28. The van der Waals surface area contributed by atoms with Gasteiger partial charge < -0.3 is 15.7 Å². The molecule has 11 heteroatoms. The molecule has 7 rings (SSSR count). The minimum absolute atomic E-state index is 0.0285. The van der Waals surface area contributed by atoms with E-state index in [1.807, 2.05) is 91.0 Å². The number of benzene rings is 3. The van der Waals surface area contributed by atoms with Crippen molar-refractivity contribution in [2.45, 2.75) is 50.9 Å². The fraction of sp³-hybridized carbons (Fsp3) is 0.213. The normalized spacial score (nSPS) is 16.2. The number of aliphatic imine (C=N–C) groups is 1. The number of unbranched alkanes of at least 4 members (excludes halogenated alkanes) is 1. The number of ether oxygens (including phenoxy) is 1. The van der Waals surface area contributed by atoms with Crippen LogP contribution in [0, 0.1) is 0 Å². The summed E-state index contributed by atoms with van der Waals surface area (Å²) in [6.45, 7) is 0.297. The first-order chi connectivity index (χ1) is 28.3. The van der Waals surface area contributed by atoms with Gasteiger partial charge in [0.15, 0.2) is 5.78 Å². The second kappa shape index (κ2) is 18.4. The molecule has 0 fully saturated rings. The first kappa shape index (κ1) is 40.1. The Kier molecular flexibility index (Phi) is 12.7. The van der Waals surface area contributed by atoms with Crippen LogP contribution in [0.15, 0.2) is 157 Å². The van der Waals surface area contributed by atoms with Crippen LogP contribution < -0.4 is 16.4 Å². The molecule has 0 saturated heterocycles. The molecule has 3 N–H and O–H groups in total. The molecule has 296 valence electrons. The summed E-state index contributed by atoms with van der Waals surface area (Å²) in [6, 6.07) is 33.1. The zero-order valence-electron chi connectivity index (χ0n) is 32.0. The molecule has 2 aliphatic rings. The van der Waals surface area contributed by atoms with Crippen LogP contribution in [0.2, 0.25) is 0 Å². The number of amides is 1. The third-order valence-corrected chi connectivity index (χ3v) is 10.2. The van der Waals surface area contributed by atoms with Gasteiger partial charge in [0, 0.05) is 5.57 Å². The second-order valence-electron chi connectivity index (χ2n) is 14.1. The van der Waals surface area contributed by atoms with Crippen LogP contribution in [0.5, 0.6) is 0 Å². The third kappa shape index (κ3) is 8.88. The number of nitrogens with zero attached hydrogens (tertiary/aromatic N) is 4. The summed E-state index contributed by atoms with van der Waals surface area (Å²) in [6.07, 6.45) is 8.54. The molecule has 1 unspecified atom stereocenters. The average Bonchev–Trinajstić information content (AvgIpc) is 3.91. The van der Waals surface area contributed by atoms with Crippen LogP contribution in [-0.2, 0) is 33.5 Å². The minimum atomic E-state index is -3.50. The molecule has 0 radical (unpaired) electrons. The highest BCUT2D eigenvalue weighted by Crippen LogP contribution is 2.37. The lowest BCUT2D eigenvalue weighted by Gasteiger charge is -2.30. The number of halogens is 2. The molecule has 1 atom stereocenters. The van der Waals surface area contributed by atoms with E-state index in [1.165, 1.54) is 12.2 Å². The largest absolute Gasteiger partial charge is 0.422 e. The molecule has 1 amide bonds. The molecular weight excluding hydrogens is 737 g/mol. The van der Waals surface area contributed by atoms with Gasteiger partial charge in [-0.2, -0.15) is 13.8 Å². The second-order valence-corrected chi connectivity index (χ2v) is 14.1. The van der Waals surface area contributed by atoms with Crippen LogP contribution in [0.4, 0.5) is 8.78 Å². The van der Waals surface area contributed by atoms with Crippen molar-refractivity contribution >= 4 is 28.5 Å². The predicted octanol–water partition coefficient (Wildman–Crippen LogP) is 6.89. The van der Waals surface area contributed by atoms with Crippen LogP contribution in [0.1, 0.15) is 42.5 Å². The van der Waals surface area contributed by atoms with Crippen LogP contribution >= 0.6 is 0 Å². The highest BCUT2D eigenvalue weighted by Gasteiger charge is 2.42. The Morgan fingerprint density at radius 1 is 0.845 bits per heavy atom. The molecule has 3 aromatic carbocycles. The van der Waals surface area contributed by atoms with E-state index < -0.39 is 23.9 Å². The number of hydroxylamine groups is 2. The van der Waals surface area contributed by atoms with Crippen molar-refractivity contribution < 1.29 is 28.3 Å². The number of allylic oxidation sites excluding steroid dienone is 6. The monoisotopic (exact) mass is 781 g/mol. The molecule has 9 nitrogen and oxygen atoms in total. The van der Waals surface area contributed by atoms with Gasteiger partial charge in [-0.25, -0.2) is 4.99 Å². The van der Waals surface area contributed by atoms with Gasteiger partial charge >= 0.3 is 6.17 Å². The van der Waals surface area contributed by atoms with Gasteiger partial charge in [-0.1, -0.05) is 115 Å². The van der Waals surface area contributed by atoms with Gasteiger partial charge in [-0.05, 0) is 97.3 Å². The van der Waals surface area contributed by atoms with Gasteiger partial charge in [-0.3, -0.25) is 18.7 Å². The zero-order chi connectivity index (χ0) is 40.5. The SMILES string of the molecule is NCCCCC(=NC(=O)C(Cc1ccccc1)N(O)COCc1ccccc1)C(=O)/C=C/C1=c2ccc(=C3C=CC=CC3)n2C(F)(F)n2c1ccc2-c1ccccc1. The average molecular weight is 782 g/mol. The van der Waals surface area contributed by atoms with Crippen molar-refractivity contribution in [3.8, 4) is 11.3 Å². The summed E-state index contributed by atoms with van der Waals surface area (Å²) in [4.78, 5) is 32.5. The Labute approximate surface area is 335 Å². The van der Waals surface area contributed by atoms with Gasteiger partial charge in [0.25, 0.3) is 5.91 Å². The van der Waals surface area contributed by atoms with Crippen molar-refractivity contribution in [3.05, 3.63) is 179 Å². The number of rotatable bonds is 16. The first-order valence-corrected chi connectivity index (χ1v) is 19.4. The highest BCUT2D eigenvalue weighted by molar-refractivity contribution is 6.45. The molecular formula is C47H45F2N5O4. The minimum Gasteiger partial charge on any atom is -0.359 e. The molecule has 1 aliphatic carbocycles. The van der Waals surface area contributed by atoms with E-state index in [0.717, 1.165) is 30.9 Å². The van der Waals surface area contributed by atoms with Crippen LogP contribution in [0.25, 0.3) is 22.4 Å². The van der Waals surface area contributed by atoms with E-state index in [4.69, 9.17) is 10.5 Å². The fourth-order valence-electron chi connectivity index (χ4n) is 7.28. The summed E-state index contributed by atoms with van der Waals surface area (Å²) in [5.41, 5.74) is 9.70. The lowest BCUT2D eigenvalue weighted by atomic mass is 10.0. The lowest BCUT2D eigenvalue weighted by Crippen LogP contribution is -2.49. The molecule has 1 aliphatic heterocycles. The number of carbonyl (C=O) groups excluding carboxylic acids is 2. The van der Waals surface area contributed by atoms with Gasteiger partial charge in [0.1, 0.15) is 12.8 Å². The molecule has 58 heavy (non-hydrogen) atoms. The predicted molar refractivity (Wildman–Crippen MR) is 221 cm³/mol. The topological polar surface area (TPSA) is 115 Å². The number of alkyl halides is 2. The number of aromatic nitrogens is 2. The van der Waals surface area contributed by atoms with E-state index in [0.29, 0.717) is 48.0 Å². The van der Waals surface area contributed by atoms with E-state index in [2.05, 4.69) is 4.99 Å². The number of fused-ring (bicyclic) bond motifs is 2. The maximum Gasteiger partial charge on any atom is 0.422 e. The number of hydrogen-bond acceptors (Lipinski definition) is 6. The van der Waals surface area contributed by atoms with Crippen molar-refractivity contribution in [1.29, 1.82) is 0 Å². The Morgan fingerprint density at radius 2 is 1.52 bits per heavy atom. The summed E-state index contributed by atoms with van der Waals surface area (Å²) in [5.74, 6) is -1.29. The Morgan fingerprint density at radius 3 is 2.21 bits per heavy atom. The van der Waals surface area contributed by atoms with E-state index >= 15 is 8.78 Å². The summed E-state index contributed by atoms with van der Waals surface area (Å²) < 4.78 is 41.7. The molecule has 3 heterocycles. The molecule has 0 saturated carbocycles. The maximum atomic E-state index is 17.0. The Hall–Kier alpha value is -6.11. The molecule has 0 bridgehead atoms. The summed E-state index contributed by atoms with van der Waals surface area (Å²) >= 11 is 0. The zero-order valence-corrected chi connectivity index (χ0v) is 32.0. The number of hydrogen-bond donors (Lipinski definition) is 2. The van der Waals surface area contributed by atoms with E-state index in [-0.39, 0.29) is 42.9 Å². The van der Waals surface area contributed by atoms with Crippen molar-refractivity contribution in [2.24, 2.45) is 10.7 Å². The van der Waals surface area contributed by atoms with Gasteiger partial charge in [0.05, 0.1) is 34.4 Å². The van der Waals surface area contributed by atoms with Crippen molar-refractivity contribution in [3.63, 3.8) is 0 Å². The van der Waals surface area contributed by atoms with Crippen LogP contribution in [0.3, 0.4) is 0 Å². The quantitative estimate of drug-likeness (QED) is 0.0371. The van der Waals surface area contributed by atoms with Crippen LogP contribution in [-0.4, -0.2) is 56.1 Å². The smallest absolute Gasteiger partial charge is 0.359 e. The molecule has 2 aromatic heterocycles. The lowest BCUT2D eigenvalue weighted by molar-refractivity contribution is -0.192. The number of carbonyl (C=O) groups is 2. The number of ketones is 1. The summed E-state index contributed by atoms with van der Waals surface area (Å²) in [5, 5.41) is 12.6. The highest BCUT2D eigenvalue weighted by atomic mass is 19.3. The number of nitrogens with two attached hydrogens (primary N) is 1. The summed E-state index contributed by atoms with van der Waals surface area (Å²) in [7, 11) is 0. The van der Waals surface area contributed by atoms with Crippen molar-refractivity contribution in [2.75, 3.05) is 13.3 Å². The van der Waals surface area contributed by atoms with E-state index in [9.17, 15) is 14.8 Å². The third-order valence-electron chi connectivity index (χ3n) is 10.2. The van der Waals surface area contributed by atoms with Gasteiger partial charge in [-0.15, -0.1) is 0 Å². The standard InChI is InChI=1S/C47H45F2N5O4/c48-47(49)53-40(36-19-9-3-10-20-36)25-27-42(53)38(43-28-26-41(54(43)47)37-21-11-4-12-22-37)24-29-45(55)39(23-13-14-30-50)51-46(56)44(31-34-15-5-1-6-16-34)52(57)33-58-32-35-17-7-2-8-18-35/h1-12,15-21,24-29,44,57H,13-14,22-23,30-33,50H2/b29-24+,41-37?,51-39?. The first-order valence-electron chi connectivity index (χ1n) is 19.4. The Balaban J connectivity index is 1.25. The maximum absolute atomic E-state index is 17.0. The van der Waals surface area contributed by atoms with Gasteiger partial charge in [0.2, 0.25) is 0 Å².